The highest BCUT2D eigenvalue weighted by Gasteiger charge is 2.20. The second kappa shape index (κ2) is 3.89. The highest BCUT2D eigenvalue weighted by Crippen LogP contribution is 2.05. The second-order valence-corrected chi connectivity index (χ2v) is 3.54. The fraction of sp³-hybridized carbons (Fsp3) is 0.667. The van der Waals surface area contributed by atoms with E-state index < -0.39 is 0 Å². The molecule has 1 N–H and O–H groups in total. The minimum absolute atomic E-state index is 0.165. The van der Waals surface area contributed by atoms with Crippen molar-refractivity contribution >= 4 is 6.21 Å². The van der Waals surface area contributed by atoms with Gasteiger partial charge >= 0.3 is 0 Å². The molecule has 0 aromatic rings. The van der Waals surface area contributed by atoms with E-state index >= 15 is 0 Å². The number of nitrogens with one attached hydrogen (secondary N) is 1. The maximum absolute atomic E-state index is 4.36. The van der Waals surface area contributed by atoms with Gasteiger partial charge in [-0.15, -0.1) is 0 Å². The van der Waals surface area contributed by atoms with Crippen molar-refractivity contribution in [3.8, 4) is 0 Å². The number of likely N-dealkylation sites (N-methyl/N-ethyl adjacent to an activating group) is 1. The van der Waals surface area contributed by atoms with Crippen molar-refractivity contribution in [2.24, 2.45) is 4.99 Å². The molecule has 0 radical (unpaired) electrons. The van der Waals surface area contributed by atoms with Crippen LogP contribution >= 0.6 is 0 Å². The van der Waals surface area contributed by atoms with Gasteiger partial charge in [0.05, 0.1) is 0 Å². The van der Waals surface area contributed by atoms with Crippen LogP contribution in [0.3, 0.4) is 0 Å². The van der Waals surface area contributed by atoms with E-state index in [1.165, 1.54) is 0 Å². The molecule has 2 rings (SSSR count). The van der Waals surface area contributed by atoms with Gasteiger partial charge in [-0.25, -0.2) is 0 Å². The van der Waals surface area contributed by atoms with Gasteiger partial charge < -0.3 is 10.2 Å². The van der Waals surface area contributed by atoms with E-state index in [4.69, 9.17) is 0 Å². The Morgan fingerprint density at radius 2 is 2.08 bits per heavy atom. The summed E-state index contributed by atoms with van der Waals surface area (Å²) in [5, 5.41) is 3.23. The lowest BCUT2D eigenvalue weighted by atomic mass is 10.3. The molecule has 2 aliphatic heterocycles. The second-order valence-electron chi connectivity index (χ2n) is 3.54. The van der Waals surface area contributed by atoms with E-state index in [1.54, 1.807) is 0 Å². The minimum atomic E-state index is 0.165. The van der Waals surface area contributed by atoms with Crippen molar-refractivity contribution in [3.63, 3.8) is 0 Å². The minimum Gasteiger partial charge on any atom is -0.358 e. The molecule has 0 saturated carbocycles. The van der Waals surface area contributed by atoms with Crippen molar-refractivity contribution < 1.29 is 0 Å². The molecule has 2 aliphatic rings. The van der Waals surface area contributed by atoms with E-state index in [0.29, 0.717) is 0 Å². The maximum atomic E-state index is 4.36. The summed E-state index contributed by atoms with van der Waals surface area (Å²) in [6.07, 6.45) is 5.90. The van der Waals surface area contributed by atoms with Crippen LogP contribution in [0.25, 0.3) is 0 Å². The molecule has 0 amide bonds. The molecule has 1 unspecified atom stereocenters. The zero-order valence-corrected chi connectivity index (χ0v) is 7.98. The highest BCUT2D eigenvalue weighted by molar-refractivity contribution is 5.71. The number of rotatable bonds is 1. The Kier molecular flexibility index (Phi) is 2.61. The summed E-state index contributed by atoms with van der Waals surface area (Å²) in [6.45, 7) is 4.47. The van der Waals surface area contributed by atoms with Crippen LogP contribution in [0.5, 0.6) is 0 Å². The van der Waals surface area contributed by atoms with Crippen LogP contribution in [0.2, 0.25) is 0 Å². The van der Waals surface area contributed by atoms with E-state index in [9.17, 15) is 0 Å². The lowest BCUT2D eigenvalue weighted by Crippen LogP contribution is -2.52. The predicted molar refractivity (Wildman–Crippen MR) is 53.6 cm³/mol. The molecule has 13 heavy (non-hydrogen) atoms. The Balaban J connectivity index is 1.87. The van der Waals surface area contributed by atoms with Crippen molar-refractivity contribution in [3.05, 3.63) is 12.3 Å². The molecule has 0 spiro atoms. The first-order valence-electron chi connectivity index (χ1n) is 4.73. The maximum Gasteiger partial charge on any atom is 0.175 e. The zero-order valence-electron chi connectivity index (χ0n) is 7.98. The van der Waals surface area contributed by atoms with Crippen LogP contribution in [0.1, 0.15) is 0 Å². The van der Waals surface area contributed by atoms with Crippen LogP contribution in [-0.4, -0.2) is 55.5 Å². The summed E-state index contributed by atoms with van der Waals surface area (Å²) >= 11 is 0. The van der Waals surface area contributed by atoms with Gasteiger partial charge in [-0.3, -0.25) is 9.89 Å². The molecule has 1 atom stereocenters. The van der Waals surface area contributed by atoms with Crippen LogP contribution in [-0.2, 0) is 0 Å². The third-order valence-electron chi connectivity index (χ3n) is 2.54. The molecular weight excluding hydrogens is 164 g/mol. The Morgan fingerprint density at radius 1 is 1.31 bits per heavy atom. The average molecular weight is 180 g/mol. The van der Waals surface area contributed by atoms with Crippen LogP contribution in [0.15, 0.2) is 17.3 Å². The lowest BCUT2D eigenvalue weighted by Gasteiger charge is -2.36. The van der Waals surface area contributed by atoms with Crippen molar-refractivity contribution in [2.45, 2.75) is 6.29 Å². The number of allylic oxidation sites excluding steroid dienone is 1. The molecule has 4 nitrogen and oxygen atoms in total. The predicted octanol–water partition coefficient (Wildman–Crippen LogP) is -0.295. The fourth-order valence-electron chi connectivity index (χ4n) is 1.63. The number of hydrogen-bond acceptors (Lipinski definition) is 4. The number of aliphatic imine (C=N–C) groups is 1. The third kappa shape index (κ3) is 2.08. The Hall–Kier alpha value is -0.870. The van der Waals surface area contributed by atoms with Crippen LogP contribution in [0.4, 0.5) is 0 Å². The Bertz CT molecular complexity index is 216. The Labute approximate surface area is 78.9 Å². The SMILES string of the molecule is CN1CCN(C2N=CC=CN2)CC1. The number of hydrogen-bond donors (Lipinski definition) is 1. The normalized spacial score (nSPS) is 30.4. The molecule has 1 fully saturated rings. The Morgan fingerprint density at radius 3 is 2.69 bits per heavy atom. The smallest absolute Gasteiger partial charge is 0.175 e. The van der Waals surface area contributed by atoms with Gasteiger partial charge in [-0.1, -0.05) is 0 Å². The van der Waals surface area contributed by atoms with Crippen molar-refractivity contribution in [2.75, 3.05) is 33.2 Å². The van der Waals surface area contributed by atoms with Gasteiger partial charge in [0.15, 0.2) is 6.29 Å². The average Bonchev–Trinajstić information content (AvgIpc) is 2.20. The first kappa shape index (κ1) is 8.72. The molecule has 4 heteroatoms. The van der Waals surface area contributed by atoms with Gasteiger partial charge in [-0.05, 0) is 13.1 Å². The van der Waals surface area contributed by atoms with Crippen molar-refractivity contribution in [1.29, 1.82) is 0 Å². The van der Waals surface area contributed by atoms with E-state index in [-0.39, 0.29) is 6.29 Å². The van der Waals surface area contributed by atoms with Gasteiger partial charge in [0.1, 0.15) is 0 Å². The molecule has 2 heterocycles. The zero-order chi connectivity index (χ0) is 9.10. The molecule has 72 valence electrons. The first-order valence-corrected chi connectivity index (χ1v) is 4.73. The number of piperazine rings is 1. The first-order chi connectivity index (χ1) is 6.36. The molecule has 0 aliphatic carbocycles. The molecule has 0 aromatic carbocycles. The van der Waals surface area contributed by atoms with Gasteiger partial charge in [0.2, 0.25) is 0 Å². The summed E-state index contributed by atoms with van der Waals surface area (Å²) in [5.74, 6) is 0. The summed E-state index contributed by atoms with van der Waals surface area (Å²) in [5.41, 5.74) is 0. The lowest BCUT2D eigenvalue weighted by molar-refractivity contribution is 0.105. The monoisotopic (exact) mass is 180 g/mol. The summed E-state index contributed by atoms with van der Waals surface area (Å²) in [6, 6.07) is 0. The summed E-state index contributed by atoms with van der Waals surface area (Å²) < 4.78 is 0. The highest BCUT2D eigenvalue weighted by atomic mass is 15.4. The quantitative estimate of drug-likeness (QED) is 0.601. The summed E-state index contributed by atoms with van der Waals surface area (Å²) in [4.78, 5) is 9.07. The van der Waals surface area contributed by atoms with Gasteiger partial charge in [0.25, 0.3) is 0 Å². The van der Waals surface area contributed by atoms with E-state index in [2.05, 4.69) is 27.2 Å². The molecular formula is C9H16N4. The van der Waals surface area contributed by atoms with Crippen LogP contribution in [0, 0.1) is 0 Å². The van der Waals surface area contributed by atoms with Crippen LogP contribution < -0.4 is 5.32 Å². The van der Waals surface area contributed by atoms with E-state index in [0.717, 1.165) is 26.2 Å². The fourth-order valence-corrected chi connectivity index (χ4v) is 1.63. The van der Waals surface area contributed by atoms with Gasteiger partial charge in [-0.2, -0.15) is 0 Å². The molecule has 1 saturated heterocycles. The largest absolute Gasteiger partial charge is 0.358 e. The molecule has 0 aromatic heterocycles. The topological polar surface area (TPSA) is 30.9 Å². The molecule has 0 bridgehead atoms. The summed E-state index contributed by atoms with van der Waals surface area (Å²) in [7, 11) is 2.16. The van der Waals surface area contributed by atoms with Gasteiger partial charge in [0, 0.05) is 38.6 Å². The van der Waals surface area contributed by atoms with Crippen molar-refractivity contribution in [1.82, 2.24) is 15.1 Å². The standard InChI is InChI=1S/C9H16N4/c1-12-5-7-13(8-6-12)9-10-3-2-4-11-9/h2-4,9-10H,5-8H2,1H3. The van der Waals surface area contributed by atoms with E-state index in [1.807, 2.05) is 18.5 Å². The third-order valence-corrected chi connectivity index (χ3v) is 2.54. The number of nitrogens with zero attached hydrogens (tertiary/aromatic N) is 3.